The Kier molecular flexibility index (Phi) is 11.2. The van der Waals surface area contributed by atoms with Gasteiger partial charge >= 0.3 is 0 Å². The predicted molar refractivity (Wildman–Crippen MR) is 147 cm³/mol. The first-order valence-electron chi connectivity index (χ1n) is 12.3. The second-order valence-electron chi connectivity index (χ2n) is 9.15. The van der Waals surface area contributed by atoms with Crippen LogP contribution in [0, 0.1) is 13.8 Å². The molecule has 1 N–H and O–H groups in total. The van der Waals surface area contributed by atoms with E-state index >= 15 is 0 Å². The van der Waals surface area contributed by atoms with Gasteiger partial charge in [0.2, 0.25) is 21.8 Å². The average molecular weight is 536 g/mol. The third-order valence-corrected chi connectivity index (χ3v) is 7.72. The fourth-order valence-electron chi connectivity index (χ4n) is 3.86. The summed E-state index contributed by atoms with van der Waals surface area (Å²) in [6.07, 6.45) is 3.37. The van der Waals surface area contributed by atoms with Gasteiger partial charge in [0.15, 0.2) is 0 Å². The molecule has 198 valence electrons. The van der Waals surface area contributed by atoms with Crippen molar-refractivity contribution in [3.05, 3.63) is 64.2 Å². The largest absolute Gasteiger partial charge is 0.354 e. The zero-order chi connectivity index (χ0) is 26.9. The van der Waals surface area contributed by atoms with Gasteiger partial charge in [0.25, 0.3) is 0 Å². The van der Waals surface area contributed by atoms with E-state index in [1.807, 2.05) is 38.1 Å². The first-order valence-corrected chi connectivity index (χ1v) is 14.5. The maximum Gasteiger partial charge on any atom is 0.242 e. The molecule has 9 heteroatoms. The molecule has 2 aromatic rings. The highest BCUT2D eigenvalue weighted by Crippen LogP contribution is 2.28. The molecule has 0 unspecified atom stereocenters. The van der Waals surface area contributed by atoms with Crippen molar-refractivity contribution >= 4 is 39.1 Å². The zero-order valence-corrected chi connectivity index (χ0v) is 23.5. The van der Waals surface area contributed by atoms with Gasteiger partial charge in [-0.1, -0.05) is 60.8 Å². The lowest BCUT2D eigenvalue weighted by atomic mass is 10.1. The molecule has 0 aliphatic rings. The van der Waals surface area contributed by atoms with Crippen molar-refractivity contribution in [3.63, 3.8) is 0 Å². The molecule has 2 aromatic carbocycles. The van der Waals surface area contributed by atoms with E-state index in [0.29, 0.717) is 35.8 Å². The second-order valence-corrected chi connectivity index (χ2v) is 11.5. The Morgan fingerprint density at radius 2 is 1.72 bits per heavy atom. The van der Waals surface area contributed by atoms with Crippen LogP contribution in [0.1, 0.15) is 56.2 Å². The molecule has 0 saturated heterocycles. The Bertz CT molecular complexity index is 1140. The van der Waals surface area contributed by atoms with Crippen LogP contribution in [0.5, 0.6) is 0 Å². The molecule has 1 atom stereocenters. The van der Waals surface area contributed by atoms with Crippen LogP contribution < -0.4 is 9.62 Å². The summed E-state index contributed by atoms with van der Waals surface area (Å²) >= 11 is 6.21. The fourth-order valence-corrected chi connectivity index (χ4v) is 5.04. The minimum Gasteiger partial charge on any atom is -0.354 e. The van der Waals surface area contributed by atoms with Crippen LogP contribution in [-0.4, -0.2) is 50.5 Å². The third kappa shape index (κ3) is 8.52. The standard InChI is InChI=1S/C27H38ClN3O4S/c1-6-7-17-29-27(33)22(4)30(19-23-15-13-20(2)14-16-23)26(32)12-9-18-31(36(5,34)35)25-11-8-10-24(28)21(25)3/h8,10-11,13-16,22H,6-7,9,12,17-19H2,1-5H3,(H,29,33)/t22-/m1/s1. The van der Waals surface area contributed by atoms with E-state index in [9.17, 15) is 18.0 Å². The van der Waals surface area contributed by atoms with Gasteiger partial charge in [-0.2, -0.15) is 0 Å². The Morgan fingerprint density at radius 1 is 1.06 bits per heavy atom. The maximum absolute atomic E-state index is 13.3. The molecule has 2 rings (SSSR count). The minimum absolute atomic E-state index is 0.101. The molecule has 0 aliphatic carbocycles. The fraction of sp³-hybridized carbons (Fsp3) is 0.481. The Balaban J connectivity index is 2.17. The first-order chi connectivity index (χ1) is 17.0. The summed E-state index contributed by atoms with van der Waals surface area (Å²) in [5, 5.41) is 3.38. The number of carbonyl (C=O) groups excluding carboxylic acids is 2. The van der Waals surface area contributed by atoms with Gasteiger partial charge in [0.05, 0.1) is 11.9 Å². The molecule has 0 aromatic heterocycles. The molecule has 0 heterocycles. The molecule has 2 amide bonds. The lowest BCUT2D eigenvalue weighted by molar-refractivity contribution is -0.140. The Labute approximate surface area is 220 Å². The normalized spacial score (nSPS) is 12.2. The number of aryl methyl sites for hydroxylation is 1. The van der Waals surface area contributed by atoms with Crippen LogP contribution in [0.25, 0.3) is 0 Å². The SMILES string of the molecule is CCCCNC(=O)[C@@H](C)N(Cc1ccc(C)cc1)C(=O)CCCN(c1cccc(Cl)c1C)S(C)(=O)=O. The zero-order valence-electron chi connectivity index (χ0n) is 21.9. The number of amides is 2. The number of benzene rings is 2. The van der Waals surface area contributed by atoms with Gasteiger partial charge in [-0.3, -0.25) is 13.9 Å². The summed E-state index contributed by atoms with van der Waals surface area (Å²) in [5.74, 6) is -0.402. The quantitative estimate of drug-likeness (QED) is 0.372. The minimum atomic E-state index is -3.59. The molecule has 0 fully saturated rings. The van der Waals surface area contributed by atoms with Crippen molar-refractivity contribution in [1.82, 2.24) is 10.2 Å². The van der Waals surface area contributed by atoms with E-state index in [0.717, 1.165) is 30.2 Å². The highest BCUT2D eigenvalue weighted by molar-refractivity contribution is 7.92. The van der Waals surface area contributed by atoms with Crippen molar-refractivity contribution in [1.29, 1.82) is 0 Å². The lowest BCUT2D eigenvalue weighted by Crippen LogP contribution is -2.48. The number of halogens is 1. The molecule has 0 saturated carbocycles. The smallest absolute Gasteiger partial charge is 0.242 e. The van der Waals surface area contributed by atoms with Gasteiger partial charge in [-0.05, 0) is 56.9 Å². The number of anilines is 1. The van der Waals surface area contributed by atoms with Gasteiger partial charge in [0, 0.05) is 31.1 Å². The number of hydrogen-bond donors (Lipinski definition) is 1. The molecule has 0 spiro atoms. The van der Waals surface area contributed by atoms with Gasteiger partial charge < -0.3 is 10.2 Å². The lowest BCUT2D eigenvalue weighted by Gasteiger charge is -2.29. The molecule has 0 radical (unpaired) electrons. The number of hydrogen-bond acceptors (Lipinski definition) is 4. The van der Waals surface area contributed by atoms with E-state index in [2.05, 4.69) is 5.32 Å². The number of sulfonamides is 1. The van der Waals surface area contributed by atoms with Crippen molar-refractivity contribution in [2.24, 2.45) is 0 Å². The van der Waals surface area contributed by atoms with Crippen LogP contribution >= 0.6 is 11.6 Å². The summed E-state index contributed by atoms with van der Waals surface area (Å²) in [6.45, 7) is 8.52. The van der Waals surface area contributed by atoms with Gasteiger partial charge in [0.1, 0.15) is 6.04 Å². The summed E-state index contributed by atoms with van der Waals surface area (Å²) in [5.41, 5.74) is 3.19. The highest BCUT2D eigenvalue weighted by Gasteiger charge is 2.27. The van der Waals surface area contributed by atoms with Gasteiger partial charge in [-0.15, -0.1) is 0 Å². The Hall–Kier alpha value is -2.58. The van der Waals surface area contributed by atoms with Crippen molar-refractivity contribution in [3.8, 4) is 0 Å². The Morgan fingerprint density at radius 3 is 2.33 bits per heavy atom. The van der Waals surface area contributed by atoms with Gasteiger partial charge in [-0.25, -0.2) is 8.42 Å². The number of rotatable bonds is 13. The monoisotopic (exact) mass is 535 g/mol. The van der Waals surface area contributed by atoms with Crippen LogP contribution in [0.4, 0.5) is 5.69 Å². The van der Waals surface area contributed by atoms with Crippen molar-refractivity contribution in [2.45, 2.75) is 66.0 Å². The van der Waals surface area contributed by atoms with Crippen LogP contribution in [0.2, 0.25) is 5.02 Å². The number of nitrogens with zero attached hydrogens (tertiary/aromatic N) is 2. The highest BCUT2D eigenvalue weighted by atomic mass is 35.5. The van der Waals surface area contributed by atoms with Crippen LogP contribution in [-0.2, 0) is 26.2 Å². The predicted octanol–water partition coefficient (Wildman–Crippen LogP) is 4.84. The molecular formula is C27H38ClN3O4S. The van der Waals surface area contributed by atoms with E-state index in [1.54, 1.807) is 36.9 Å². The third-order valence-electron chi connectivity index (χ3n) is 6.13. The number of carbonyl (C=O) groups is 2. The second kappa shape index (κ2) is 13.7. The molecule has 0 aliphatic heterocycles. The first kappa shape index (κ1) is 29.6. The van der Waals surface area contributed by atoms with Crippen LogP contribution in [0.3, 0.4) is 0 Å². The van der Waals surface area contributed by atoms with E-state index in [4.69, 9.17) is 11.6 Å². The summed E-state index contributed by atoms with van der Waals surface area (Å²) in [7, 11) is -3.59. The average Bonchev–Trinajstić information content (AvgIpc) is 2.82. The van der Waals surface area contributed by atoms with E-state index in [-0.39, 0.29) is 24.8 Å². The van der Waals surface area contributed by atoms with Crippen molar-refractivity contribution in [2.75, 3.05) is 23.7 Å². The summed E-state index contributed by atoms with van der Waals surface area (Å²) in [4.78, 5) is 27.7. The number of nitrogens with one attached hydrogen (secondary N) is 1. The van der Waals surface area contributed by atoms with E-state index in [1.165, 1.54) is 4.31 Å². The number of unbranched alkanes of at least 4 members (excludes halogenated alkanes) is 1. The van der Waals surface area contributed by atoms with Crippen molar-refractivity contribution < 1.29 is 18.0 Å². The van der Waals surface area contributed by atoms with Crippen LogP contribution in [0.15, 0.2) is 42.5 Å². The topological polar surface area (TPSA) is 86.8 Å². The summed E-state index contributed by atoms with van der Waals surface area (Å²) in [6, 6.07) is 12.3. The molecule has 0 bridgehead atoms. The molecular weight excluding hydrogens is 498 g/mol. The maximum atomic E-state index is 13.3. The molecule has 7 nitrogen and oxygen atoms in total. The molecule has 36 heavy (non-hydrogen) atoms. The van der Waals surface area contributed by atoms with E-state index < -0.39 is 16.1 Å². The summed E-state index contributed by atoms with van der Waals surface area (Å²) < 4.78 is 26.3.